The minimum Gasteiger partial charge on any atom is -0.273 e. The van der Waals surface area contributed by atoms with Crippen molar-refractivity contribution in [1.82, 2.24) is 10.4 Å². The molecule has 0 radical (unpaired) electrons. The van der Waals surface area contributed by atoms with Gasteiger partial charge in [0, 0.05) is 10.5 Å². The summed E-state index contributed by atoms with van der Waals surface area (Å²) in [5.74, 6) is -0.239. The van der Waals surface area contributed by atoms with E-state index >= 15 is 0 Å². The van der Waals surface area contributed by atoms with Crippen LogP contribution in [0.3, 0.4) is 0 Å². The molecule has 0 aliphatic carbocycles. The van der Waals surface area contributed by atoms with Crippen LogP contribution in [0.25, 0.3) is 10.2 Å². The van der Waals surface area contributed by atoms with Crippen LogP contribution < -0.4 is 10.9 Å². The second kappa shape index (κ2) is 6.97. The van der Waals surface area contributed by atoms with Crippen molar-refractivity contribution >= 4 is 67.6 Å². The monoisotopic (exact) mass is 383 g/mol. The summed E-state index contributed by atoms with van der Waals surface area (Å²) in [6.07, 6.45) is 1.96. The van der Waals surface area contributed by atoms with Crippen LogP contribution in [-0.2, 0) is 0 Å². The first kappa shape index (κ1) is 16.4. The van der Waals surface area contributed by atoms with Gasteiger partial charge in [-0.15, -0.1) is 11.8 Å². The fourth-order valence-corrected chi connectivity index (χ4v) is 3.78. The molecular formula is C15H11Cl2N3OS2. The molecule has 3 aromatic rings. The molecule has 0 aliphatic rings. The van der Waals surface area contributed by atoms with Crippen LogP contribution in [0.5, 0.6) is 0 Å². The van der Waals surface area contributed by atoms with E-state index in [1.807, 2.05) is 24.5 Å². The molecule has 118 valence electrons. The highest BCUT2D eigenvalue weighted by Crippen LogP contribution is 2.35. The lowest BCUT2D eigenvalue weighted by atomic mass is 10.2. The zero-order valence-electron chi connectivity index (χ0n) is 11.9. The number of nitrogens with zero attached hydrogens (tertiary/aromatic N) is 1. The number of thioether (sulfide) groups is 1. The van der Waals surface area contributed by atoms with Gasteiger partial charge in [0.2, 0.25) is 5.13 Å². The molecule has 0 bridgehead atoms. The predicted octanol–water partition coefficient (Wildman–Crippen LogP) is 5.08. The Morgan fingerprint density at radius 1 is 1.22 bits per heavy atom. The number of anilines is 1. The molecule has 0 atom stereocenters. The number of nitrogens with one attached hydrogen (secondary N) is 2. The van der Waals surface area contributed by atoms with Crippen LogP contribution in [0.1, 0.15) is 10.4 Å². The van der Waals surface area contributed by atoms with Gasteiger partial charge in [0.15, 0.2) is 0 Å². The molecule has 4 nitrogen and oxygen atoms in total. The summed E-state index contributed by atoms with van der Waals surface area (Å²) in [7, 11) is 0. The number of rotatable bonds is 4. The molecule has 8 heteroatoms. The number of hydrazine groups is 1. The topological polar surface area (TPSA) is 54.0 Å². The van der Waals surface area contributed by atoms with E-state index in [9.17, 15) is 4.79 Å². The average molecular weight is 384 g/mol. The summed E-state index contributed by atoms with van der Waals surface area (Å²) in [5, 5.41) is 1.62. The van der Waals surface area contributed by atoms with Gasteiger partial charge in [-0.05, 0) is 36.6 Å². The van der Waals surface area contributed by atoms with Crippen molar-refractivity contribution in [2.75, 3.05) is 11.7 Å². The number of thiazole rings is 1. The number of carbonyl (C=O) groups is 1. The van der Waals surface area contributed by atoms with Crippen LogP contribution in [0, 0.1) is 0 Å². The molecule has 0 saturated heterocycles. The van der Waals surface area contributed by atoms with Crippen molar-refractivity contribution in [3.05, 3.63) is 52.0 Å². The van der Waals surface area contributed by atoms with E-state index in [0.29, 0.717) is 26.3 Å². The van der Waals surface area contributed by atoms with E-state index < -0.39 is 0 Å². The first-order valence-corrected chi connectivity index (χ1v) is 9.33. The normalized spacial score (nSPS) is 10.7. The van der Waals surface area contributed by atoms with Crippen molar-refractivity contribution in [3.8, 4) is 0 Å². The summed E-state index contributed by atoms with van der Waals surface area (Å²) in [6, 6.07) is 10.8. The second-order valence-electron chi connectivity index (χ2n) is 4.54. The third-order valence-electron chi connectivity index (χ3n) is 3.06. The van der Waals surface area contributed by atoms with Crippen molar-refractivity contribution in [2.45, 2.75) is 4.90 Å². The van der Waals surface area contributed by atoms with Crippen molar-refractivity contribution in [3.63, 3.8) is 0 Å². The molecule has 0 unspecified atom stereocenters. The van der Waals surface area contributed by atoms with Crippen molar-refractivity contribution in [2.24, 2.45) is 0 Å². The fourth-order valence-electron chi connectivity index (χ4n) is 1.95. The lowest BCUT2D eigenvalue weighted by molar-refractivity contribution is 0.0962. The van der Waals surface area contributed by atoms with Gasteiger partial charge in [0.05, 0.1) is 14.7 Å². The minimum atomic E-state index is -0.239. The second-order valence-corrected chi connectivity index (χ2v) is 7.23. The average Bonchev–Trinajstić information content (AvgIpc) is 3.02. The Balaban J connectivity index is 1.76. The van der Waals surface area contributed by atoms with E-state index in [1.54, 1.807) is 30.0 Å². The molecule has 2 N–H and O–H groups in total. The maximum Gasteiger partial charge on any atom is 0.269 e. The van der Waals surface area contributed by atoms with Gasteiger partial charge >= 0.3 is 0 Å². The molecule has 0 aliphatic heterocycles. The van der Waals surface area contributed by atoms with Crippen LogP contribution in [0.15, 0.2) is 41.3 Å². The van der Waals surface area contributed by atoms with Gasteiger partial charge in [-0.3, -0.25) is 15.6 Å². The van der Waals surface area contributed by atoms with Gasteiger partial charge in [-0.2, -0.15) is 0 Å². The molecule has 2 aromatic carbocycles. The molecule has 0 fully saturated rings. The van der Waals surface area contributed by atoms with Gasteiger partial charge in [-0.25, -0.2) is 4.98 Å². The van der Waals surface area contributed by atoms with Crippen LogP contribution >= 0.6 is 46.3 Å². The molecule has 23 heavy (non-hydrogen) atoms. The predicted molar refractivity (Wildman–Crippen MR) is 99.0 cm³/mol. The first-order valence-electron chi connectivity index (χ1n) is 6.53. The number of hydrogen-bond donors (Lipinski definition) is 2. The third kappa shape index (κ3) is 3.55. The maximum atomic E-state index is 12.2. The van der Waals surface area contributed by atoms with Crippen molar-refractivity contribution in [1.29, 1.82) is 0 Å². The van der Waals surface area contributed by atoms with Crippen LogP contribution in [0.4, 0.5) is 5.13 Å². The number of benzene rings is 2. The summed E-state index contributed by atoms with van der Waals surface area (Å²) in [6.45, 7) is 0. The van der Waals surface area contributed by atoms with E-state index in [4.69, 9.17) is 23.2 Å². The number of amides is 1. The van der Waals surface area contributed by atoms with Gasteiger partial charge < -0.3 is 0 Å². The van der Waals surface area contributed by atoms with Gasteiger partial charge in [0.25, 0.3) is 5.91 Å². The molecule has 3 rings (SSSR count). The maximum absolute atomic E-state index is 12.2. The Morgan fingerprint density at radius 3 is 2.74 bits per heavy atom. The quantitative estimate of drug-likeness (QED) is 0.487. The molecule has 0 saturated carbocycles. The minimum absolute atomic E-state index is 0.239. The number of hydrogen-bond acceptors (Lipinski definition) is 5. The highest BCUT2D eigenvalue weighted by molar-refractivity contribution is 7.98. The number of halogens is 2. The van der Waals surface area contributed by atoms with Gasteiger partial charge in [-0.1, -0.05) is 40.6 Å². The standard InChI is InChI=1S/C15H11Cl2N3OS2/c1-22-9-4-2-3-8(7-9)14(21)19-20-15-18-12-10(16)5-6-11(17)13(12)23-15/h2-7H,1H3,(H,18,20)(H,19,21). The molecule has 1 amide bonds. The molecule has 1 aromatic heterocycles. The van der Waals surface area contributed by atoms with E-state index in [1.165, 1.54) is 11.3 Å². The fraction of sp³-hybridized carbons (Fsp3) is 0.0667. The van der Waals surface area contributed by atoms with Crippen LogP contribution in [-0.4, -0.2) is 17.1 Å². The highest BCUT2D eigenvalue weighted by atomic mass is 35.5. The lowest BCUT2D eigenvalue weighted by Gasteiger charge is -2.06. The SMILES string of the molecule is CSc1cccc(C(=O)NNc2nc3c(Cl)ccc(Cl)c3s2)c1. The molecule has 0 spiro atoms. The molecular weight excluding hydrogens is 373 g/mol. The van der Waals surface area contributed by atoms with E-state index in [0.717, 1.165) is 9.60 Å². The summed E-state index contributed by atoms with van der Waals surface area (Å²) >= 11 is 15.1. The Hall–Kier alpha value is -1.47. The Labute approximate surface area is 151 Å². The third-order valence-corrected chi connectivity index (χ3v) is 5.52. The highest BCUT2D eigenvalue weighted by Gasteiger charge is 2.12. The zero-order valence-corrected chi connectivity index (χ0v) is 15.0. The van der Waals surface area contributed by atoms with Gasteiger partial charge in [0.1, 0.15) is 5.52 Å². The van der Waals surface area contributed by atoms with E-state index in [-0.39, 0.29) is 5.91 Å². The van der Waals surface area contributed by atoms with E-state index in [2.05, 4.69) is 15.8 Å². The smallest absolute Gasteiger partial charge is 0.269 e. The number of carbonyl (C=O) groups excluding carboxylic acids is 1. The van der Waals surface area contributed by atoms with Crippen LogP contribution in [0.2, 0.25) is 10.0 Å². The summed E-state index contributed by atoms with van der Waals surface area (Å²) < 4.78 is 0.778. The number of aromatic nitrogens is 1. The molecule has 1 heterocycles. The Kier molecular flexibility index (Phi) is 4.96. The number of fused-ring (bicyclic) bond motifs is 1. The zero-order chi connectivity index (χ0) is 16.4. The van der Waals surface area contributed by atoms with Crippen molar-refractivity contribution < 1.29 is 4.79 Å². The summed E-state index contributed by atoms with van der Waals surface area (Å²) in [4.78, 5) is 17.5. The largest absolute Gasteiger partial charge is 0.273 e. The lowest BCUT2D eigenvalue weighted by Crippen LogP contribution is -2.29. The first-order chi connectivity index (χ1) is 11.1. The summed E-state index contributed by atoms with van der Waals surface area (Å²) in [5.41, 5.74) is 6.62. The Bertz CT molecular complexity index is 843. The Morgan fingerprint density at radius 2 is 2.00 bits per heavy atom.